The summed E-state index contributed by atoms with van der Waals surface area (Å²) in [5, 5.41) is 6.87. The number of nitrogens with two attached hydrogens (primary N) is 1. The molecule has 0 unspecified atom stereocenters. The Kier molecular flexibility index (Phi) is 1.79. The molecular formula is C9H11N5S. The molecule has 2 heterocycles. The van der Waals surface area contributed by atoms with Crippen molar-refractivity contribution >= 4 is 16.5 Å². The summed E-state index contributed by atoms with van der Waals surface area (Å²) >= 11 is 1.43. The van der Waals surface area contributed by atoms with Gasteiger partial charge in [0, 0.05) is 18.3 Å². The van der Waals surface area contributed by atoms with Crippen LogP contribution >= 0.6 is 11.3 Å². The Balaban J connectivity index is 2.03. The van der Waals surface area contributed by atoms with Crippen LogP contribution in [0.25, 0.3) is 11.5 Å². The summed E-state index contributed by atoms with van der Waals surface area (Å²) < 4.78 is 1.78. The highest BCUT2D eigenvalue weighted by Gasteiger charge is 2.29. The first-order valence-corrected chi connectivity index (χ1v) is 5.74. The van der Waals surface area contributed by atoms with Crippen molar-refractivity contribution in [2.75, 3.05) is 5.73 Å². The van der Waals surface area contributed by atoms with Gasteiger partial charge in [-0.3, -0.25) is 0 Å². The minimum atomic E-state index is 0.570. The molecule has 0 aromatic carbocycles. The van der Waals surface area contributed by atoms with Crippen molar-refractivity contribution in [2.24, 2.45) is 7.05 Å². The average molecular weight is 221 g/mol. The molecule has 0 spiro atoms. The second-order valence-electron chi connectivity index (χ2n) is 3.76. The zero-order valence-corrected chi connectivity index (χ0v) is 9.16. The first-order chi connectivity index (χ1) is 7.24. The van der Waals surface area contributed by atoms with Crippen LogP contribution in [0, 0.1) is 0 Å². The van der Waals surface area contributed by atoms with Crippen molar-refractivity contribution in [2.45, 2.75) is 18.8 Å². The number of hydrogen-bond donors (Lipinski definition) is 1. The lowest BCUT2D eigenvalue weighted by atomic mass is 10.4. The maximum absolute atomic E-state index is 5.59. The van der Waals surface area contributed by atoms with Crippen LogP contribution in [0.1, 0.15) is 24.6 Å². The van der Waals surface area contributed by atoms with Gasteiger partial charge in [0.05, 0.1) is 0 Å². The van der Waals surface area contributed by atoms with Crippen molar-refractivity contribution in [1.82, 2.24) is 19.7 Å². The fraction of sp³-hybridized carbons (Fsp3) is 0.444. The summed E-state index contributed by atoms with van der Waals surface area (Å²) in [4.78, 5) is 8.70. The quantitative estimate of drug-likeness (QED) is 0.832. The number of aromatic nitrogens is 4. The molecule has 0 radical (unpaired) electrons. The van der Waals surface area contributed by atoms with Crippen molar-refractivity contribution < 1.29 is 0 Å². The first-order valence-electron chi connectivity index (χ1n) is 4.86. The van der Waals surface area contributed by atoms with Gasteiger partial charge in [0.1, 0.15) is 5.69 Å². The van der Waals surface area contributed by atoms with Crippen LogP contribution in [0.15, 0.2) is 5.38 Å². The number of nitrogens with zero attached hydrogens (tertiary/aromatic N) is 4. The van der Waals surface area contributed by atoms with Crippen LogP contribution in [0.5, 0.6) is 0 Å². The predicted molar refractivity (Wildman–Crippen MR) is 58.5 cm³/mol. The Morgan fingerprint density at radius 2 is 2.27 bits per heavy atom. The van der Waals surface area contributed by atoms with Gasteiger partial charge in [-0.15, -0.1) is 11.3 Å². The number of aryl methyl sites for hydroxylation is 1. The molecular weight excluding hydrogens is 210 g/mol. The van der Waals surface area contributed by atoms with Crippen LogP contribution in [-0.2, 0) is 7.05 Å². The minimum absolute atomic E-state index is 0.570. The first kappa shape index (κ1) is 8.84. The molecule has 15 heavy (non-hydrogen) atoms. The molecule has 0 aliphatic heterocycles. The second-order valence-corrected chi connectivity index (χ2v) is 4.65. The largest absolute Gasteiger partial charge is 0.375 e. The summed E-state index contributed by atoms with van der Waals surface area (Å²) in [6.07, 6.45) is 2.42. The molecule has 0 amide bonds. The zero-order valence-electron chi connectivity index (χ0n) is 8.34. The molecule has 1 fully saturated rings. The van der Waals surface area contributed by atoms with Crippen LogP contribution in [-0.4, -0.2) is 19.7 Å². The van der Waals surface area contributed by atoms with Gasteiger partial charge in [0.2, 0.25) is 0 Å². The summed E-state index contributed by atoms with van der Waals surface area (Å²) in [6, 6.07) is 0. The number of hydrogen-bond acceptors (Lipinski definition) is 5. The van der Waals surface area contributed by atoms with Gasteiger partial charge in [0.25, 0.3) is 0 Å². The van der Waals surface area contributed by atoms with E-state index in [4.69, 9.17) is 5.73 Å². The fourth-order valence-electron chi connectivity index (χ4n) is 1.53. The fourth-order valence-corrected chi connectivity index (χ4v) is 2.07. The standard InChI is InChI=1S/C9H11N5S/c1-14-8(6-4-15-9(10)11-6)12-7(13-14)5-2-3-5/h4-5H,2-3H2,1H3,(H2,10,11). The number of rotatable bonds is 2. The van der Waals surface area contributed by atoms with Gasteiger partial charge in [0.15, 0.2) is 16.8 Å². The van der Waals surface area contributed by atoms with E-state index in [1.165, 1.54) is 24.2 Å². The maximum atomic E-state index is 5.59. The van der Waals surface area contributed by atoms with Crippen LogP contribution in [0.4, 0.5) is 5.13 Å². The maximum Gasteiger partial charge on any atom is 0.180 e. The molecule has 0 bridgehead atoms. The van der Waals surface area contributed by atoms with Gasteiger partial charge >= 0.3 is 0 Å². The van der Waals surface area contributed by atoms with E-state index < -0.39 is 0 Å². The third-order valence-corrected chi connectivity index (χ3v) is 3.15. The van der Waals surface area contributed by atoms with Crippen molar-refractivity contribution in [1.29, 1.82) is 0 Å². The average Bonchev–Trinajstić information content (AvgIpc) is 2.86. The Hall–Kier alpha value is -1.43. The molecule has 1 aliphatic carbocycles. The molecule has 1 aliphatic rings. The Morgan fingerprint density at radius 3 is 2.87 bits per heavy atom. The number of nitrogen functional groups attached to an aromatic ring is 1. The highest BCUT2D eigenvalue weighted by atomic mass is 32.1. The van der Waals surface area contributed by atoms with E-state index in [1.807, 2.05) is 12.4 Å². The highest BCUT2D eigenvalue weighted by Crippen LogP contribution is 2.38. The summed E-state index contributed by atoms with van der Waals surface area (Å²) in [5.41, 5.74) is 6.41. The van der Waals surface area contributed by atoms with Gasteiger partial charge in [-0.25, -0.2) is 14.6 Å². The third-order valence-electron chi connectivity index (χ3n) is 2.47. The Labute approximate surface area is 91.0 Å². The molecule has 0 atom stereocenters. The highest BCUT2D eigenvalue weighted by molar-refractivity contribution is 7.13. The monoisotopic (exact) mass is 221 g/mol. The zero-order chi connectivity index (χ0) is 10.4. The molecule has 2 N–H and O–H groups in total. The molecule has 6 heteroatoms. The number of anilines is 1. The van der Waals surface area contributed by atoms with Gasteiger partial charge < -0.3 is 5.73 Å². The van der Waals surface area contributed by atoms with Crippen LogP contribution in [0.3, 0.4) is 0 Å². The normalized spacial score (nSPS) is 15.8. The van der Waals surface area contributed by atoms with E-state index in [0.29, 0.717) is 11.0 Å². The van der Waals surface area contributed by atoms with Crippen LogP contribution < -0.4 is 5.73 Å². The van der Waals surface area contributed by atoms with Crippen molar-refractivity contribution in [3.8, 4) is 11.5 Å². The molecule has 1 saturated carbocycles. The summed E-state index contributed by atoms with van der Waals surface area (Å²) in [6.45, 7) is 0. The Bertz CT molecular complexity index is 496. The van der Waals surface area contributed by atoms with E-state index in [2.05, 4.69) is 15.1 Å². The second kappa shape index (κ2) is 3.03. The lowest BCUT2D eigenvalue weighted by molar-refractivity contribution is 0.749. The van der Waals surface area contributed by atoms with Gasteiger partial charge in [-0.2, -0.15) is 5.10 Å². The molecule has 78 valence electrons. The Morgan fingerprint density at radius 1 is 1.47 bits per heavy atom. The van der Waals surface area contributed by atoms with Gasteiger partial charge in [-0.05, 0) is 12.8 Å². The van der Waals surface area contributed by atoms with E-state index in [1.54, 1.807) is 4.68 Å². The lowest BCUT2D eigenvalue weighted by Gasteiger charge is -1.92. The summed E-state index contributed by atoms with van der Waals surface area (Å²) in [7, 11) is 1.89. The smallest absolute Gasteiger partial charge is 0.180 e. The van der Waals surface area contributed by atoms with E-state index in [9.17, 15) is 0 Å². The molecule has 0 saturated heterocycles. The SMILES string of the molecule is Cn1nc(C2CC2)nc1-c1csc(N)n1. The van der Waals surface area contributed by atoms with E-state index in [0.717, 1.165) is 17.3 Å². The van der Waals surface area contributed by atoms with Crippen LogP contribution in [0.2, 0.25) is 0 Å². The van der Waals surface area contributed by atoms with Crippen molar-refractivity contribution in [3.63, 3.8) is 0 Å². The molecule has 3 rings (SSSR count). The topological polar surface area (TPSA) is 69.6 Å². The van der Waals surface area contributed by atoms with Gasteiger partial charge in [-0.1, -0.05) is 0 Å². The molecule has 5 nitrogen and oxygen atoms in total. The molecule has 2 aromatic rings. The minimum Gasteiger partial charge on any atom is -0.375 e. The van der Waals surface area contributed by atoms with E-state index >= 15 is 0 Å². The predicted octanol–water partition coefficient (Wildman–Crippen LogP) is 1.40. The molecule has 2 aromatic heterocycles. The lowest BCUT2D eigenvalue weighted by Crippen LogP contribution is -1.95. The van der Waals surface area contributed by atoms with E-state index in [-0.39, 0.29) is 0 Å². The third kappa shape index (κ3) is 1.50. The number of thiazole rings is 1. The summed E-state index contributed by atoms with van der Waals surface area (Å²) in [5.74, 6) is 2.32. The van der Waals surface area contributed by atoms with Crippen molar-refractivity contribution in [3.05, 3.63) is 11.2 Å².